The Labute approximate surface area is 730 Å². The van der Waals surface area contributed by atoms with Crippen LogP contribution in [0.2, 0.25) is 0 Å². The fourth-order valence-electron chi connectivity index (χ4n) is 13.0. The van der Waals surface area contributed by atoms with Crippen LogP contribution >= 0.6 is 0 Å². The predicted octanol–water partition coefficient (Wildman–Crippen LogP) is -0.982. The van der Waals surface area contributed by atoms with Gasteiger partial charge in [0.15, 0.2) is 73.8 Å². The number of nitrogens with one attached hydrogen (secondary N) is 7. The van der Waals surface area contributed by atoms with Gasteiger partial charge in [-0.25, -0.2) is 19.2 Å². The Morgan fingerprint density at radius 3 is 0.875 bits per heavy atom. The lowest BCUT2D eigenvalue weighted by Gasteiger charge is -2.44. The Hall–Kier alpha value is -13.4. The lowest BCUT2D eigenvalue weighted by Crippen LogP contribution is -2.63. The number of esters is 12. The molecule has 44 heteroatoms. The average Bonchev–Trinajstić information content (AvgIpc) is 0.794. The highest BCUT2D eigenvalue weighted by Crippen LogP contribution is 2.35. The number of benzene rings is 4. The topological polar surface area (TPSA) is 575 Å². The van der Waals surface area contributed by atoms with E-state index < -0.39 is 295 Å². The molecule has 0 spiro atoms. The van der Waals surface area contributed by atoms with Crippen LogP contribution in [0.25, 0.3) is 0 Å². The van der Waals surface area contributed by atoms with Crippen molar-refractivity contribution in [2.24, 2.45) is 0 Å². The minimum absolute atomic E-state index is 0.0304. The molecule has 4 aliphatic heterocycles. The van der Waals surface area contributed by atoms with Crippen molar-refractivity contribution in [2.45, 2.75) is 200 Å². The number of carbonyl (C=O) groups excluding carboxylic acids is 19. The van der Waals surface area contributed by atoms with Gasteiger partial charge >= 0.3 is 71.6 Å². The highest BCUT2D eigenvalue weighted by molar-refractivity contribution is 5.95. The molecule has 8 rings (SSSR count). The molecule has 44 nitrogen and oxygen atoms in total. The van der Waals surface area contributed by atoms with Crippen molar-refractivity contribution >= 4 is 113 Å². The summed E-state index contributed by atoms with van der Waals surface area (Å²) in [6.07, 6.45) is -28.1. The maximum Gasteiger partial charge on any atom is 0.338 e. The summed E-state index contributed by atoms with van der Waals surface area (Å²) < 4.78 is 103. The van der Waals surface area contributed by atoms with Crippen LogP contribution in [0, 0.1) is 27.7 Å². The van der Waals surface area contributed by atoms with Gasteiger partial charge in [0.1, 0.15) is 76.1 Å². The van der Waals surface area contributed by atoms with Crippen LogP contribution < -0.4 is 37.2 Å². The van der Waals surface area contributed by atoms with Crippen molar-refractivity contribution in [3.05, 3.63) is 142 Å². The molecular formula is C84H99N7O37. The zero-order valence-corrected chi connectivity index (χ0v) is 71.5. The van der Waals surface area contributed by atoms with Gasteiger partial charge in [-0.1, -0.05) is 70.8 Å². The molecule has 128 heavy (non-hydrogen) atoms. The van der Waals surface area contributed by atoms with Gasteiger partial charge in [-0.2, -0.15) is 0 Å². The van der Waals surface area contributed by atoms with Gasteiger partial charge in [-0.3, -0.25) is 71.9 Å². The van der Waals surface area contributed by atoms with E-state index in [0.29, 0.717) is 5.56 Å². The molecule has 7 N–H and O–H groups in total. The van der Waals surface area contributed by atoms with Crippen LogP contribution in [0.1, 0.15) is 125 Å². The van der Waals surface area contributed by atoms with Gasteiger partial charge in [0, 0.05) is 88.0 Å². The quantitative estimate of drug-likeness (QED) is 0.0235. The maximum atomic E-state index is 14.9. The van der Waals surface area contributed by atoms with Gasteiger partial charge in [0.2, 0.25) is 41.4 Å². The smallest absolute Gasteiger partial charge is 0.338 e. The second-order valence-corrected chi connectivity index (χ2v) is 29.5. The van der Waals surface area contributed by atoms with Gasteiger partial charge in [0.25, 0.3) is 0 Å². The number of amides is 7. The molecule has 4 saturated heterocycles. The monoisotopic (exact) mass is 1800 g/mol. The second kappa shape index (κ2) is 47.8. The number of hydrogen-bond acceptors (Lipinski definition) is 37. The third kappa shape index (κ3) is 30.7. The third-order valence-electron chi connectivity index (χ3n) is 19.0. The Bertz CT molecular complexity index is 4700. The molecular weight excluding hydrogens is 1700 g/mol. The average molecular weight is 1800 g/mol. The molecule has 4 fully saturated rings. The SMILES string of the molecule is CC(=O)OC[C@H]1O[C@@H](OCC(=O)N[C@H]2CNC(=O)CCNC(=O)[C@@H](NC(=O)CO[C@H]3O[C@H](COC(=O)c4ccc(C)cc4)[C@@H](OC(=O)c4ccc(C)cc4)[C@H](OC(=O)c4ccc(C)cc4)[C@@H]3OC(=O)c3ccc(C)cc3)CNC(=O)[C@@H](NC(=O)CO[C@@H]3O[C@H](COC(C)=O)[C@@H](OC(C)=O)[C@H](OC(C)=O)[C@H]3OC(C)=O)CNC2=O)[C@H](OC(C)=O)[C@@H](OC(C)=O)[C@H]1OC(C)=O. The molecule has 4 aromatic rings. The summed E-state index contributed by atoms with van der Waals surface area (Å²) in [6.45, 7) is 5.39. The van der Waals surface area contributed by atoms with E-state index in [-0.39, 0.29) is 22.3 Å². The van der Waals surface area contributed by atoms with E-state index in [4.69, 9.17) is 85.3 Å². The van der Waals surface area contributed by atoms with Gasteiger partial charge < -0.3 is 122 Å². The first-order valence-corrected chi connectivity index (χ1v) is 39.8. The van der Waals surface area contributed by atoms with E-state index in [9.17, 15) is 91.1 Å². The van der Waals surface area contributed by atoms with Crippen LogP contribution in [0.15, 0.2) is 97.1 Å². The van der Waals surface area contributed by atoms with E-state index >= 15 is 0 Å². The first-order chi connectivity index (χ1) is 60.7. The van der Waals surface area contributed by atoms with Gasteiger partial charge in [-0.05, 0) is 76.2 Å². The number of ether oxygens (including phenoxy) is 18. The van der Waals surface area contributed by atoms with Crippen molar-refractivity contribution in [1.82, 2.24) is 37.2 Å². The molecule has 0 aromatic heterocycles. The van der Waals surface area contributed by atoms with Gasteiger partial charge in [-0.15, -0.1) is 0 Å². The van der Waals surface area contributed by atoms with Crippen molar-refractivity contribution in [1.29, 1.82) is 0 Å². The first-order valence-electron chi connectivity index (χ1n) is 39.8. The zero-order chi connectivity index (χ0) is 93.8. The van der Waals surface area contributed by atoms with E-state index in [1.54, 1.807) is 76.2 Å². The molecule has 18 atom stereocenters. The van der Waals surface area contributed by atoms with E-state index in [0.717, 1.165) is 72.1 Å². The van der Waals surface area contributed by atoms with Crippen LogP contribution in [0.4, 0.5) is 0 Å². The molecule has 0 unspecified atom stereocenters. The molecule has 4 aromatic carbocycles. The van der Waals surface area contributed by atoms with Gasteiger partial charge in [0.05, 0.1) is 22.3 Å². The number of rotatable bonds is 31. The second-order valence-electron chi connectivity index (χ2n) is 29.5. The molecule has 0 saturated carbocycles. The molecule has 0 radical (unpaired) electrons. The molecule has 7 amide bonds. The minimum atomic E-state index is -2.11. The fraction of sp³-hybridized carbons (Fsp3) is 0.488. The zero-order valence-electron chi connectivity index (χ0n) is 71.5. The van der Waals surface area contributed by atoms with Crippen LogP contribution in [-0.2, 0) is 157 Å². The lowest BCUT2D eigenvalue weighted by molar-refractivity contribution is -0.306. The number of aryl methyl sites for hydroxylation is 4. The van der Waals surface area contributed by atoms with Crippen LogP contribution in [0.5, 0.6) is 0 Å². The van der Waals surface area contributed by atoms with Crippen molar-refractivity contribution in [2.75, 3.05) is 65.8 Å². The third-order valence-corrected chi connectivity index (χ3v) is 19.0. The molecule has 0 bridgehead atoms. The largest absolute Gasteiger partial charge is 0.463 e. The highest BCUT2D eigenvalue weighted by atomic mass is 16.8. The Morgan fingerprint density at radius 2 is 0.555 bits per heavy atom. The molecule has 4 aliphatic rings. The lowest BCUT2D eigenvalue weighted by atomic mass is 9.97. The standard InChI is InChI=1S/C84H99N7O37/c1-40-13-21-52(22-14-40)78(107)113-36-61-68(126-79(108)53-23-15-41(2)16-24-53)71(127-80(109)54-25-17-42(3)18-26-54)74(128-81(110)55-27-19-43(4)20-28-55)84(125-61)116-39-64(102)90-57-32-87-77(106)58(91-65(103)38-115-83-73(122-51(12)99)70(120-49(10)97)67(118-47(8)95)60(124-83)35-112-45(6)93)33-88-76(105)56(31-86-62(100)29-30-85-75(57)104)89-63(101)37-114-82-72(121-50(11)98)69(119-48(9)96)66(117-46(7)94)59(123-82)34-111-44(5)92/h13-28,56-61,66-74,82-84H,29-39H2,1-12H3,(H,85,104)(H,86,100)(H,87,106)(H,88,105)(H,89,101)(H,90,102)(H,91,103)/t56-,57-,58-,59+,60+,61+,66-,67+,68+,69-,70-,71-,72+,73+,74-,82+,83+,84-/m0/s1. The Kier molecular flexibility index (Phi) is 37.3. The maximum absolute atomic E-state index is 14.9. The normalized spacial score (nSPS) is 24.9. The number of carbonyl (C=O) groups is 19. The summed E-state index contributed by atoms with van der Waals surface area (Å²) in [5, 5.41) is 16.6. The van der Waals surface area contributed by atoms with Crippen molar-refractivity contribution in [3.63, 3.8) is 0 Å². The van der Waals surface area contributed by atoms with E-state index in [1.807, 2.05) is 0 Å². The summed E-state index contributed by atoms with van der Waals surface area (Å²) in [5.74, 6) is -20.4. The highest BCUT2D eigenvalue weighted by Gasteiger charge is 2.57. The summed E-state index contributed by atoms with van der Waals surface area (Å²) in [5.41, 5.74) is 2.83. The van der Waals surface area contributed by atoms with E-state index in [1.165, 1.54) is 48.5 Å². The number of hydrogen-bond donors (Lipinski definition) is 7. The Balaban J connectivity index is 1.11. The van der Waals surface area contributed by atoms with E-state index in [2.05, 4.69) is 37.2 Å². The first kappa shape index (κ1) is 100.0. The van der Waals surface area contributed by atoms with Crippen molar-refractivity contribution in [3.8, 4) is 0 Å². The fourth-order valence-corrected chi connectivity index (χ4v) is 13.0. The summed E-state index contributed by atoms with van der Waals surface area (Å²) in [6, 6.07) is 18.3. The predicted molar refractivity (Wildman–Crippen MR) is 425 cm³/mol. The summed E-state index contributed by atoms with van der Waals surface area (Å²) >= 11 is 0. The summed E-state index contributed by atoms with van der Waals surface area (Å²) in [7, 11) is 0. The Morgan fingerprint density at radius 1 is 0.305 bits per heavy atom. The minimum Gasteiger partial charge on any atom is -0.463 e. The van der Waals surface area contributed by atoms with Crippen molar-refractivity contribution < 1.29 is 176 Å². The van der Waals surface area contributed by atoms with Crippen LogP contribution in [0.3, 0.4) is 0 Å². The van der Waals surface area contributed by atoms with Crippen LogP contribution in [-0.4, -0.2) is 289 Å². The molecule has 0 aliphatic carbocycles. The summed E-state index contributed by atoms with van der Waals surface area (Å²) in [4.78, 5) is 257. The molecule has 692 valence electrons. The molecule has 4 heterocycles.